The number of hydrogen-bond donors (Lipinski definition) is 2. The van der Waals surface area contributed by atoms with Crippen LogP contribution in [-0.2, 0) is 17.8 Å². The van der Waals surface area contributed by atoms with Crippen LogP contribution in [0, 0.1) is 6.92 Å². The molecule has 2 N–H and O–H groups in total. The average Bonchev–Trinajstić information content (AvgIpc) is 3.37. The minimum absolute atomic E-state index is 0.255. The van der Waals surface area contributed by atoms with Crippen molar-refractivity contribution in [2.24, 2.45) is 0 Å². The second-order valence-electron chi connectivity index (χ2n) is 6.26. The predicted molar refractivity (Wildman–Crippen MR) is 107 cm³/mol. The van der Waals surface area contributed by atoms with E-state index in [0.717, 1.165) is 27.4 Å². The van der Waals surface area contributed by atoms with Gasteiger partial charge in [0.2, 0.25) is 5.95 Å². The molecule has 0 aliphatic carbocycles. The number of ether oxygens (including phenoxy) is 1. The number of nitrogens with zero attached hydrogens (tertiary/aromatic N) is 6. The number of aliphatic hydroxyl groups is 1. The highest BCUT2D eigenvalue weighted by Gasteiger charge is 2.10. The van der Waals surface area contributed by atoms with E-state index in [2.05, 4.69) is 35.3 Å². The lowest BCUT2D eigenvalue weighted by molar-refractivity contribution is -0.105. The van der Waals surface area contributed by atoms with Crippen molar-refractivity contribution >= 4 is 34.0 Å². The van der Waals surface area contributed by atoms with E-state index in [-0.39, 0.29) is 6.54 Å². The lowest BCUT2D eigenvalue weighted by Crippen LogP contribution is -2.19. The molecule has 0 aliphatic heterocycles. The Labute approximate surface area is 165 Å². The Bertz CT molecular complexity index is 1070. The van der Waals surface area contributed by atoms with Gasteiger partial charge in [0.1, 0.15) is 5.65 Å². The zero-order valence-corrected chi connectivity index (χ0v) is 16.4. The molecule has 0 aromatic carbocycles. The van der Waals surface area contributed by atoms with Gasteiger partial charge < -0.3 is 19.7 Å². The summed E-state index contributed by atoms with van der Waals surface area (Å²) >= 11 is 1.64. The van der Waals surface area contributed by atoms with Gasteiger partial charge in [-0.2, -0.15) is 10.1 Å². The lowest BCUT2D eigenvalue weighted by atomic mass is 10.4. The number of aryl methyl sites for hydroxylation is 1. The van der Waals surface area contributed by atoms with Crippen LogP contribution in [0.1, 0.15) is 17.6 Å². The molecule has 9 nitrogen and oxygen atoms in total. The van der Waals surface area contributed by atoms with E-state index in [1.807, 2.05) is 26.1 Å². The lowest BCUT2D eigenvalue weighted by Gasteiger charge is -2.09. The van der Waals surface area contributed by atoms with Crippen molar-refractivity contribution in [3.05, 3.63) is 46.9 Å². The fourth-order valence-corrected chi connectivity index (χ4v) is 3.48. The number of anilines is 2. The van der Waals surface area contributed by atoms with E-state index in [1.54, 1.807) is 34.6 Å². The molecule has 28 heavy (non-hydrogen) atoms. The highest BCUT2D eigenvalue weighted by Crippen LogP contribution is 2.19. The number of hydrogen-bond acceptors (Lipinski definition) is 8. The standard InChI is InChI=1S/C18H21N7O2S/c1-3-27-16(26)10-25-9-14(7-20-25)22-18-19-6-13-4-5-24(17(13)23-18)8-15-11-28-12(2)21-15/h4-7,9,11,16,26H,3,8,10H2,1-2H3,(H,19,22,23). The molecule has 0 radical (unpaired) electrons. The Hall–Kier alpha value is -2.82. The SMILES string of the molecule is CCOC(O)Cn1cc(Nc2ncc3ccn(Cc4csc(C)n4)c3n2)cn1. The van der Waals surface area contributed by atoms with Crippen molar-refractivity contribution in [3.8, 4) is 0 Å². The molecule has 0 amide bonds. The Morgan fingerprint density at radius 1 is 1.32 bits per heavy atom. The summed E-state index contributed by atoms with van der Waals surface area (Å²) in [5.41, 5.74) is 2.58. The third-order valence-corrected chi connectivity index (χ3v) is 4.91. The number of aliphatic hydroxyl groups excluding tert-OH is 1. The molecule has 146 valence electrons. The number of nitrogens with one attached hydrogen (secondary N) is 1. The predicted octanol–water partition coefficient (Wildman–Crippen LogP) is 2.54. The van der Waals surface area contributed by atoms with Crippen LogP contribution in [0.2, 0.25) is 0 Å². The molecule has 1 unspecified atom stereocenters. The number of aromatic nitrogens is 6. The Morgan fingerprint density at radius 2 is 2.21 bits per heavy atom. The van der Waals surface area contributed by atoms with Gasteiger partial charge in [-0.25, -0.2) is 9.97 Å². The molecule has 4 aromatic rings. The van der Waals surface area contributed by atoms with Crippen molar-refractivity contribution in [2.75, 3.05) is 11.9 Å². The molecule has 0 saturated carbocycles. The summed E-state index contributed by atoms with van der Waals surface area (Å²) in [4.78, 5) is 13.5. The smallest absolute Gasteiger partial charge is 0.229 e. The highest BCUT2D eigenvalue weighted by atomic mass is 32.1. The molecule has 0 spiro atoms. The van der Waals surface area contributed by atoms with E-state index in [1.165, 1.54) is 0 Å². The molecule has 0 saturated heterocycles. The van der Waals surface area contributed by atoms with Gasteiger partial charge in [0.05, 0.1) is 35.7 Å². The molecule has 4 heterocycles. The normalized spacial score (nSPS) is 12.5. The molecule has 4 rings (SSSR count). The summed E-state index contributed by atoms with van der Waals surface area (Å²) in [6.45, 7) is 5.20. The van der Waals surface area contributed by atoms with Crippen LogP contribution in [0.3, 0.4) is 0 Å². The Morgan fingerprint density at radius 3 is 3.00 bits per heavy atom. The largest absolute Gasteiger partial charge is 0.366 e. The second kappa shape index (κ2) is 8.05. The maximum atomic E-state index is 9.71. The Kier molecular flexibility index (Phi) is 5.33. The van der Waals surface area contributed by atoms with Gasteiger partial charge in [0.15, 0.2) is 6.29 Å². The summed E-state index contributed by atoms with van der Waals surface area (Å²) in [5.74, 6) is 0.479. The van der Waals surface area contributed by atoms with Crippen molar-refractivity contribution in [3.63, 3.8) is 0 Å². The molecule has 4 aromatic heterocycles. The van der Waals surface area contributed by atoms with Gasteiger partial charge in [0, 0.05) is 36.0 Å². The molecular weight excluding hydrogens is 378 g/mol. The van der Waals surface area contributed by atoms with Crippen molar-refractivity contribution in [2.45, 2.75) is 33.2 Å². The van der Waals surface area contributed by atoms with Gasteiger partial charge in [0.25, 0.3) is 0 Å². The van der Waals surface area contributed by atoms with Crippen LogP contribution < -0.4 is 5.32 Å². The molecular formula is C18H21N7O2S. The monoisotopic (exact) mass is 399 g/mol. The van der Waals surface area contributed by atoms with Crippen LogP contribution in [0.25, 0.3) is 11.0 Å². The fraction of sp³-hybridized carbons (Fsp3) is 0.333. The molecule has 0 aliphatic rings. The van der Waals surface area contributed by atoms with Crippen molar-refractivity contribution in [1.82, 2.24) is 29.3 Å². The average molecular weight is 399 g/mol. The molecule has 0 fully saturated rings. The molecule has 10 heteroatoms. The molecule has 0 bridgehead atoms. The fourth-order valence-electron chi connectivity index (χ4n) is 2.88. The first-order valence-electron chi connectivity index (χ1n) is 8.92. The van der Waals surface area contributed by atoms with Crippen LogP contribution in [0.4, 0.5) is 11.6 Å². The zero-order chi connectivity index (χ0) is 19.5. The minimum Gasteiger partial charge on any atom is -0.366 e. The maximum absolute atomic E-state index is 9.71. The number of thiazole rings is 1. The molecule has 1 atom stereocenters. The van der Waals surface area contributed by atoms with Crippen LogP contribution >= 0.6 is 11.3 Å². The highest BCUT2D eigenvalue weighted by molar-refractivity contribution is 7.09. The third kappa shape index (κ3) is 4.19. The summed E-state index contributed by atoms with van der Waals surface area (Å²) in [7, 11) is 0. The van der Waals surface area contributed by atoms with E-state index in [4.69, 9.17) is 4.74 Å². The van der Waals surface area contributed by atoms with Gasteiger partial charge >= 0.3 is 0 Å². The van der Waals surface area contributed by atoms with Crippen molar-refractivity contribution < 1.29 is 9.84 Å². The summed E-state index contributed by atoms with van der Waals surface area (Å²) in [6.07, 6.45) is 6.32. The maximum Gasteiger partial charge on any atom is 0.229 e. The second-order valence-corrected chi connectivity index (χ2v) is 7.32. The topological polar surface area (TPSA) is 103 Å². The van der Waals surface area contributed by atoms with Crippen LogP contribution in [-0.4, -0.2) is 47.3 Å². The quantitative estimate of drug-likeness (QED) is 0.439. The van der Waals surface area contributed by atoms with Gasteiger partial charge in [-0.05, 0) is 19.9 Å². The minimum atomic E-state index is -0.886. The Balaban J connectivity index is 1.50. The first-order valence-corrected chi connectivity index (χ1v) is 9.80. The van der Waals surface area contributed by atoms with Crippen LogP contribution in [0.15, 0.2) is 36.2 Å². The first-order chi connectivity index (χ1) is 13.6. The first kappa shape index (κ1) is 18.5. The summed E-state index contributed by atoms with van der Waals surface area (Å²) in [5, 5.41) is 21.2. The van der Waals surface area contributed by atoms with E-state index in [9.17, 15) is 5.11 Å². The zero-order valence-electron chi connectivity index (χ0n) is 15.6. The third-order valence-electron chi connectivity index (χ3n) is 4.09. The van der Waals surface area contributed by atoms with Gasteiger partial charge in [-0.15, -0.1) is 11.3 Å². The summed E-state index contributed by atoms with van der Waals surface area (Å²) in [6, 6.07) is 1.99. The van der Waals surface area contributed by atoms with E-state index < -0.39 is 6.29 Å². The van der Waals surface area contributed by atoms with Gasteiger partial charge in [-0.3, -0.25) is 4.68 Å². The summed E-state index contributed by atoms with van der Waals surface area (Å²) < 4.78 is 8.78. The van der Waals surface area contributed by atoms with E-state index in [0.29, 0.717) is 19.1 Å². The van der Waals surface area contributed by atoms with E-state index >= 15 is 0 Å². The van der Waals surface area contributed by atoms with Crippen molar-refractivity contribution in [1.29, 1.82) is 0 Å². The number of rotatable bonds is 8. The van der Waals surface area contributed by atoms with Gasteiger partial charge in [-0.1, -0.05) is 0 Å². The number of fused-ring (bicyclic) bond motifs is 1. The van der Waals surface area contributed by atoms with Crippen LogP contribution in [0.5, 0.6) is 0 Å².